The lowest BCUT2D eigenvalue weighted by atomic mass is 10.1. The molecule has 2 aromatic heterocycles. The van der Waals surface area contributed by atoms with Gasteiger partial charge in [0.25, 0.3) is 0 Å². The van der Waals surface area contributed by atoms with E-state index in [9.17, 15) is 13.4 Å². The molecule has 11 heteroatoms. The molecule has 0 bridgehead atoms. The van der Waals surface area contributed by atoms with E-state index in [0.717, 1.165) is 15.8 Å². The fourth-order valence-corrected chi connectivity index (χ4v) is 2.93. The van der Waals surface area contributed by atoms with Crippen LogP contribution in [0.3, 0.4) is 0 Å². The normalized spacial score (nSPS) is 12.9. The first-order valence-electron chi connectivity index (χ1n) is 8.13. The van der Waals surface area contributed by atoms with Crippen LogP contribution in [0, 0.1) is 0 Å². The van der Waals surface area contributed by atoms with Crippen LogP contribution in [0.4, 0.5) is 4.39 Å². The molecule has 9 nitrogen and oxygen atoms in total. The number of rotatable bonds is 7. The third-order valence-corrected chi connectivity index (χ3v) is 4.51. The quantitative estimate of drug-likeness (QED) is 0.563. The molecule has 3 aromatic rings. The minimum Gasteiger partial charge on any atom is -0.327 e. The van der Waals surface area contributed by atoms with Crippen molar-refractivity contribution in [3.63, 3.8) is 0 Å². The second-order valence-corrected chi connectivity index (χ2v) is 6.77. The summed E-state index contributed by atoms with van der Waals surface area (Å²) in [6, 6.07) is 7.02. The summed E-state index contributed by atoms with van der Waals surface area (Å²) < 4.78 is 34.7. The summed E-state index contributed by atoms with van der Waals surface area (Å²) in [4.78, 5) is 20.9. The van der Waals surface area contributed by atoms with Gasteiger partial charge in [0.05, 0.1) is 36.7 Å². The van der Waals surface area contributed by atoms with E-state index in [0.29, 0.717) is 12.0 Å². The Labute approximate surface area is 161 Å². The SMILES string of the molecule is NC/C(=C\F)Cn1ncn(-c2cnc(-c3ccc(CS(=O)O)cc3)cn2)c1=O. The van der Waals surface area contributed by atoms with Gasteiger partial charge in [-0.05, 0) is 11.1 Å². The number of nitrogens with zero attached hydrogens (tertiary/aromatic N) is 5. The summed E-state index contributed by atoms with van der Waals surface area (Å²) in [5, 5.41) is 3.93. The third-order valence-electron chi connectivity index (χ3n) is 3.93. The van der Waals surface area contributed by atoms with Gasteiger partial charge in [-0.1, -0.05) is 24.3 Å². The third kappa shape index (κ3) is 4.44. The van der Waals surface area contributed by atoms with Gasteiger partial charge in [0, 0.05) is 12.1 Å². The predicted octanol–water partition coefficient (Wildman–Crippen LogP) is 1.02. The van der Waals surface area contributed by atoms with Crippen molar-refractivity contribution in [3.05, 3.63) is 70.9 Å². The molecule has 2 heterocycles. The largest absolute Gasteiger partial charge is 0.351 e. The Kier molecular flexibility index (Phi) is 6.19. The second kappa shape index (κ2) is 8.78. The van der Waals surface area contributed by atoms with Crippen LogP contribution in [0.25, 0.3) is 17.1 Å². The summed E-state index contributed by atoms with van der Waals surface area (Å²) in [5.41, 5.74) is 7.22. The van der Waals surface area contributed by atoms with Gasteiger partial charge in [0.1, 0.15) is 6.33 Å². The van der Waals surface area contributed by atoms with Crippen LogP contribution in [-0.4, -0.2) is 39.6 Å². The maximum atomic E-state index is 12.7. The lowest BCUT2D eigenvalue weighted by Crippen LogP contribution is -2.26. The minimum absolute atomic E-state index is 0.0166. The van der Waals surface area contributed by atoms with Crippen molar-refractivity contribution in [1.82, 2.24) is 24.3 Å². The first-order valence-corrected chi connectivity index (χ1v) is 9.41. The molecule has 0 radical (unpaired) electrons. The molecule has 1 unspecified atom stereocenters. The van der Waals surface area contributed by atoms with Crippen LogP contribution in [-0.2, 0) is 23.4 Å². The van der Waals surface area contributed by atoms with E-state index in [1.165, 1.54) is 23.3 Å². The zero-order chi connectivity index (χ0) is 20.1. The first-order chi connectivity index (χ1) is 13.5. The molecule has 0 aliphatic heterocycles. The Hall–Kier alpha value is -3.02. The number of benzene rings is 1. The summed E-state index contributed by atoms with van der Waals surface area (Å²) in [6.45, 7) is -0.0629. The molecular weight excluding hydrogens is 387 g/mol. The monoisotopic (exact) mass is 404 g/mol. The molecule has 1 atom stereocenters. The molecule has 1 aromatic carbocycles. The molecule has 0 aliphatic rings. The van der Waals surface area contributed by atoms with Gasteiger partial charge in [-0.2, -0.15) is 5.10 Å². The van der Waals surface area contributed by atoms with Crippen LogP contribution >= 0.6 is 0 Å². The van der Waals surface area contributed by atoms with E-state index < -0.39 is 16.8 Å². The van der Waals surface area contributed by atoms with Crippen LogP contribution < -0.4 is 11.4 Å². The Morgan fingerprint density at radius 1 is 1.25 bits per heavy atom. The Bertz CT molecular complexity index is 1060. The Morgan fingerprint density at radius 3 is 2.57 bits per heavy atom. The molecule has 0 fully saturated rings. The highest BCUT2D eigenvalue weighted by molar-refractivity contribution is 7.78. The Balaban J connectivity index is 1.80. The van der Waals surface area contributed by atoms with Crippen molar-refractivity contribution in [2.45, 2.75) is 12.3 Å². The van der Waals surface area contributed by atoms with E-state index >= 15 is 0 Å². The van der Waals surface area contributed by atoms with Crippen molar-refractivity contribution in [2.24, 2.45) is 5.73 Å². The van der Waals surface area contributed by atoms with Crippen molar-refractivity contribution >= 4 is 11.1 Å². The molecule has 0 saturated heterocycles. The van der Waals surface area contributed by atoms with Gasteiger partial charge in [-0.3, -0.25) is 4.98 Å². The lowest BCUT2D eigenvalue weighted by Gasteiger charge is -2.04. The molecule has 3 rings (SSSR count). The summed E-state index contributed by atoms with van der Waals surface area (Å²) >= 11 is -1.90. The highest BCUT2D eigenvalue weighted by atomic mass is 32.2. The minimum atomic E-state index is -1.90. The number of halogens is 1. The number of hydrogen-bond acceptors (Lipinski definition) is 6. The molecule has 3 N–H and O–H groups in total. The second-order valence-electron chi connectivity index (χ2n) is 5.84. The summed E-state index contributed by atoms with van der Waals surface area (Å²) in [5.74, 6) is 0.326. The van der Waals surface area contributed by atoms with Gasteiger partial charge in [0.2, 0.25) is 0 Å². The molecule has 0 saturated carbocycles. The standard InChI is InChI=1S/C17H17FN6O3S/c18-5-13(6-19)9-24-17(25)23(11-22-24)16-8-20-15(7-21-16)14-3-1-12(2-4-14)10-28(26)27/h1-5,7-8,11H,6,9-10,19H2,(H,26,27)/b13-5+. The fourth-order valence-electron chi connectivity index (χ4n) is 2.45. The smallest absolute Gasteiger partial charge is 0.327 e. The maximum absolute atomic E-state index is 12.7. The van der Waals surface area contributed by atoms with E-state index in [1.807, 2.05) is 0 Å². The van der Waals surface area contributed by atoms with Crippen molar-refractivity contribution in [1.29, 1.82) is 0 Å². The summed E-state index contributed by atoms with van der Waals surface area (Å²) in [6.07, 6.45) is 4.57. The van der Waals surface area contributed by atoms with Gasteiger partial charge in [0.15, 0.2) is 16.9 Å². The zero-order valence-corrected chi connectivity index (χ0v) is 15.4. The number of nitrogens with two attached hydrogens (primary N) is 1. The van der Waals surface area contributed by atoms with Gasteiger partial charge in [-0.15, -0.1) is 0 Å². The Morgan fingerprint density at radius 2 is 2.00 bits per heavy atom. The zero-order valence-electron chi connectivity index (χ0n) is 14.6. The highest BCUT2D eigenvalue weighted by Gasteiger charge is 2.10. The van der Waals surface area contributed by atoms with Gasteiger partial charge in [-0.25, -0.2) is 27.6 Å². The van der Waals surface area contributed by atoms with Gasteiger partial charge < -0.3 is 10.3 Å². The molecular formula is C17H17FN6O3S. The topological polar surface area (TPSA) is 129 Å². The van der Waals surface area contributed by atoms with E-state index in [4.69, 9.17) is 10.3 Å². The molecule has 28 heavy (non-hydrogen) atoms. The maximum Gasteiger partial charge on any atom is 0.351 e. The molecule has 0 aliphatic carbocycles. The molecule has 146 valence electrons. The van der Waals surface area contributed by atoms with Gasteiger partial charge >= 0.3 is 5.69 Å². The average molecular weight is 404 g/mol. The summed E-state index contributed by atoms with van der Waals surface area (Å²) in [7, 11) is 0. The van der Waals surface area contributed by atoms with Crippen LogP contribution in [0.5, 0.6) is 0 Å². The van der Waals surface area contributed by atoms with Crippen molar-refractivity contribution in [3.8, 4) is 17.1 Å². The molecule has 0 spiro atoms. The van der Waals surface area contributed by atoms with E-state index in [2.05, 4.69) is 15.1 Å². The first kappa shape index (κ1) is 19.7. The average Bonchev–Trinajstić information content (AvgIpc) is 3.06. The highest BCUT2D eigenvalue weighted by Crippen LogP contribution is 2.17. The van der Waals surface area contributed by atoms with E-state index in [-0.39, 0.29) is 30.2 Å². The fraction of sp³-hybridized carbons (Fsp3) is 0.176. The van der Waals surface area contributed by atoms with Crippen LogP contribution in [0.2, 0.25) is 0 Å². The molecule has 0 amide bonds. The van der Waals surface area contributed by atoms with Crippen molar-refractivity contribution < 1.29 is 13.2 Å². The van der Waals surface area contributed by atoms with E-state index in [1.54, 1.807) is 24.3 Å². The van der Waals surface area contributed by atoms with Crippen LogP contribution in [0.15, 0.2) is 59.7 Å². The number of hydrogen-bond donors (Lipinski definition) is 2. The number of aromatic nitrogens is 5. The lowest BCUT2D eigenvalue weighted by molar-refractivity contribution is 0.563. The predicted molar refractivity (Wildman–Crippen MR) is 102 cm³/mol. The van der Waals surface area contributed by atoms with Crippen LogP contribution in [0.1, 0.15) is 5.56 Å². The van der Waals surface area contributed by atoms with Crippen molar-refractivity contribution in [2.75, 3.05) is 6.54 Å².